The molecule has 0 amide bonds. The minimum Gasteiger partial charge on any atom is -0.496 e. The molecule has 0 N–H and O–H groups in total. The first-order valence-corrected chi connectivity index (χ1v) is 10.1. The van der Waals surface area contributed by atoms with Gasteiger partial charge in [-0.3, -0.25) is 0 Å². The fourth-order valence-electron chi connectivity index (χ4n) is 4.91. The molecule has 3 aromatic rings. The van der Waals surface area contributed by atoms with E-state index < -0.39 is 0 Å². The minimum atomic E-state index is -0.235. The van der Waals surface area contributed by atoms with Crippen molar-refractivity contribution in [3.05, 3.63) is 65.2 Å². The van der Waals surface area contributed by atoms with Gasteiger partial charge >= 0.3 is 0 Å². The number of anilines is 1. The van der Waals surface area contributed by atoms with Crippen LogP contribution in [-0.4, -0.2) is 31.8 Å². The summed E-state index contributed by atoms with van der Waals surface area (Å²) in [5, 5.41) is 1.20. The van der Waals surface area contributed by atoms with Crippen LogP contribution in [0.3, 0.4) is 0 Å². The summed E-state index contributed by atoms with van der Waals surface area (Å²) in [5.74, 6) is 2.07. The zero-order chi connectivity index (χ0) is 19.1. The lowest BCUT2D eigenvalue weighted by Crippen LogP contribution is -2.47. The van der Waals surface area contributed by atoms with Gasteiger partial charge in [0.1, 0.15) is 17.2 Å². The molecule has 1 aromatic heterocycles. The fourth-order valence-corrected chi connectivity index (χ4v) is 4.91. The molecule has 1 saturated heterocycles. The normalized spacial score (nSPS) is 18.3. The molecule has 0 bridgehead atoms. The van der Waals surface area contributed by atoms with Crippen molar-refractivity contribution in [2.24, 2.45) is 0 Å². The highest BCUT2D eigenvalue weighted by Gasteiger charge is 2.43. The first-order chi connectivity index (χ1) is 13.7. The maximum absolute atomic E-state index is 6.43. The number of rotatable bonds is 2. The number of ether oxygens (including phenoxy) is 2. The molecular weight excluding hydrogens is 348 g/mol. The predicted octanol–water partition coefficient (Wildman–Crippen LogP) is 4.62. The molecule has 28 heavy (non-hydrogen) atoms. The number of hydrogen-bond acceptors (Lipinski definition) is 4. The van der Waals surface area contributed by atoms with Gasteiger partial charge in [0.05, 0.1) is 19.2 Å². The van der Waals surface area contributed by atoms with Crippen LogP contribution in [0.15, 0.2) is 48.5 Å². The van der Waals surface area contributed by atoms with Gasteiger partial charge in [-0.1, -0.05) is 30.3 Å². The Kier molecular flexibility index (Phi) is 4.24. The number of nitrogens with zero attached hydrogens (tertiary/aromatic N) is 2. The first-order valence-electron chi connectivity index (χ1n) is 10.1. The number of piperidine rings is 1. The van der Waals surface area contributed by atoms with Crippen LogP contribution < -0.4 is 9.64 Å². The number of aryl methyl sites for hydroxylation is 1. The molecule has 0 radical (unpaired) electrons. The number of benzene rings is 2. The lowest BCUT2D eigenvalue weighted by atomic mass is 9.78. The molecule has 1 fully saturated rings. The van der Waals surface area contributed by atoms with Crippen LogP contribution in [-0.2, 0) is 16.8 Å². The third-order valence-electron chi connectivity index (χ3n) is 6.30. The van der Waals surface area contributed by atoms with E-state index in [1.165, 1.54) is 22.1 Å². The average molecular weight is 374 g/mol. The number of para-hydroxylation sites is 1. The molecule has 2 aliphatic rings. The largest absolute Gasteiger partial charge is 0.496 e. The second-order valence-corrected chi connectivity index (χ2v) is 7.90. The summed E-state index contributed by atoms with van der Waals surface area (Å²) < 4.78 is 12.1. The Morgan fingerprint density at radius 1 is 1.07 bits per heavy atom. The molecule has 3 heterocycles. The third-order valence-corrected chi connectivity index (χ3v) is 6.30. The van der Waals surface area contributed by atoms with Gasteiger partial charge in [-0.15, -0.1) is 0 Å². The Morgan fingerprint density at radius 2 is 1.89 bits per heavy atom. The number of aromatic nitrogens is 1. The zero-order valence-corrected chi connectivity index (χ0v) is 16.6. The summed E-state index contributed by atoms with van der Waals surface area (Å²) in [6.45, 7) is 4.81. The van der Waals surface area contributed by atoms with Crippen LogP contribution in [0, 0.1) is 6.92 Å². The van der Waals surface area contributed by atoms with Crippen molar-refractivity contribution >= 4 is 16.7 Å². The Hall–Kier alpha value is -2.59. The summed E-state index contributed by atoms with van der Waals surface area (Å²) in [4.78, 5) is 7.39. The molecule has 0 unspecified atom stereocenters. The van der Waals surface area contributed by atoms with Crippen molar-refractivity contribution in [1.29, 1.82) is 0 Å². The molecule has 2 aromatic carbocycles. The highest BCUT2D eigenvalue weighted by Crippen LogP contribution is 2.46. The second kappa shape index (κ2) is 6.78. The Balaban J connectivity index is 1.46. The van der Waals surface area contributed by atoms with Crippen molar-refractivity contribution < 1.29 is 9.47 Å². The Bertz CT molecular complexity index is 1010. The molecule has 5 rings (SSSR count). The number of fused-ring (bicyclic) bond motifs is 3. The van der Waals surface area contributed by atoms with E-state index in [9.17, 15) is 0 Å². The van der Waals surface area contributed by atoms with Crippen LogP contribution in [0.2, 0.25) is 0 Å². The van der Waals surface area contributed by atoms with E-state index in [0.29, 0.717) is 0 Å². The lowest BCUT2D eigenvalue weighted by Gasteiger charge is -2.46. The summed E-state index contributed by atoms with van der Waals surface area (Å²) in [6.07, 6.45) is 2.87. The maximum atomic E-state index is 6.43. The highest BCUT2D eigenvalue weighted by molar-refractivity contribution is 5.81. The number of hydrogen-bond donors (Lipinski definition) is 0. The van der Waals surface area contributed by atoms with Crippen molar-refractivity contribution in [3.63, 3.8) is 0 Å². The SMILES string of the molecule is COc1cccc2c1C1(CCN(c3nc4ccccc4cc3C)CC1)OCC2. The van der Waals surface area contributed by atoms with Gasteiger partial charge in [-0.2, -0.15) is 0 Å². The smallest absolute Gasteiger partial charge is 0.132 e. The molecule has 4 heteroatoms. The van der Waals surface area contributed by atoms with Crippen LogP contribution >= 0.6 is 0 Å². The third kappa shape index (κ3) is 2.75. The Labute approximate surface area is 166 Å². The molecule has 144 valence electrons. The van der Waals surface area contributed by atoms with E-state index in [-0.39, 0.29) is 5.60 Å². The molecule has 2 aliphatic heterocycles. The fraction of sp³-hybridized carbons (Fsp3) is 0.375. The second-order valence-electron chi connectivity index (χ2n) is 7.90. The molecule has 0 aliphatic carbocycles. The predicted molar refractivity (Wildman–Crippen MR) is 112 cm³/mol. The number of pyridine rings is 1. The van der Waals surface area contributed by atoms with Crippen molar-refractivity contribution in [2.45, 2.75) is 31.8 Å². The van der Waals surface area contributed by atoms with Gasteiger partial charge in [-0.05, 0) is 55.5 Å². The Morgan fingerprint density at radius 3 is 2.71 bits per heavy atom. The van der Waals surface area contributed by atoms with E-state index in [1.807, 2.05) is 0 Å². The van der Waals surface area contributed by atoms with Crippen LogP contribution in [0.1, 0.15) is 29.5 Å². The molecule has 1 spiro atoms. The zero-order valence-electron chi connectivity index (χ0n) is 16.6. The molecule has 4 nitrogen and oxygen atoms in total. The molecule has 0 atom stereocenters. The van der Waals surface area contributed by atoms with Crippen LogP contribution in [0.5, 0.6) is 5.75 Å². The van der Waals surface area contributed by atoms with E-state index in [2.05, 4.69) is 60.4 Å². The van der Waals surface area contributed by atoms with E-state index in [1.54, 1.807) is 7.11 Å². The van der Waals surface area contributed by atoms with E-state index in [0.717, 1.165) is 56.0 Å². The van der Waals surface area contributed by atoms with E-state index in [4.69, 9.17) is 14.5 Å². The average Bonchev–Trinajstić information content (AvgIpc) is 2.74. The van der Waals surface area contributed by atoms with Gasteiger partial charge in [-0.25, -0.2) is 4.98 Å². The van der Waals surface area contributed by atoms with Gasteiger partial charge < -0.3 is 14.4 Å². The monoisotopic (exact) mass is 374 g/mol. The van der Waals surface area contributed by atoms with Gasteiger partial charge in [0, 0.05) is 24.0 Å². The minimum absolute atomic E-state index is 0.235. The standard InChI is InChI=1S/C24H26N2O2/c1-17-16-19-6-3-4-8-20(19)25-23(17)26-13-11-24(12-14-26)22-18(10-15-28-24)7-5-9-21(22)27-2/h3-9,16H,10-15H2,1-2H3. The first kappa shape index (κ1) is 17.5. The topological polar surface area (TPSA) is 34.6 Å². The lowest BCUT2D eigenvalue weighted by molar-refractivity contribution is -0.0780. The van der Waals surface area contributed by atoms with Crippen LogP contribution in [0.25, 0.3) is 10.9 Å². The van der Waals surface area contributed by atoms with Crippen molar-refractivity contribution in [2.75, 3.05) is 31.7 Å². The van der Waals surface area contributed by atoms with Gasteiger partial charge in [0.25, 0.3) is 0 Å². The van der Waals surface area contributed by atoms with E-state index >= 15 is 0 Å². The summed E-state index contributed by atoms with van der Waals surface area (Å²) in [7, 11) is 1.76. The summed E-state index contributed by atoms with van der Waals surface area (Å²) >= 11 is 0. The molecule has 0 saturated carbocycles. The van der Waals surface area contributed by atoms with Crippen molar-refractivity contribution in [1.82, 2.24) is 4.98 Å². The highest BCUT2D eigenvalue weighted by atomic mass is 16.5. The molecular formula is C24H26N2O2. The quantitative estimate of drug-likeness (QED) is 0.656. The van der Waals surface area contributed by atoms with Gasteiger partial charge in [0.15, 0.2) is 0 Å². The van der Waals surface area contributed by atoms with Gasteiger partial charge in [0.2, 0.25) is 0 Å². The maximum Gasteiger partial charge on any atom is 0.132 e. The van der Waals surface area contributed by atoms with Crippen molar-refractivity contribution in [3.8, 4) is 5.75 Å². The van der Waals surface area contributed by atoms with Crippen LogP contribution in [0.4, 0.5) is 5.82 Å². The summed E-state index contributed by atoms with van der Waals surface area (Å²) in [6, 6.07) is 17.0. The number of methoxy groups -OCH3 is 1. The summed E-state index contributed by atoms with van der Waals surface area (Å²) in [5.41, 5.74) is 4.70.